The van der Waals surface area contributed by atoms with Crippen molar-refractivity contribution in [2.24, 2.45) is 7.05 Å². The summed E-state index contributed by atoms with van der Waals surface area (Å²) in [5, 5.41) is 0.289. The summed E-state index contributed by atoms with van der Waals surface area (Å²) in [6, 6.07) is 0.335. The van der Waals surface area contributed by atoms with E-state index in [1.54, 1.807) is 14.0 Å². The number of aryl methyl sites for hydroxylation is 2. The average molecular weight is 303 g/mol. The van der Waals surface area contributed by atoms with Crippen molar-refractivity contribution in [2.75, 3.05) is 0 Å². The fourth-order valence-electron chi connectivity index (χ4n) is 3.40. The maximum Gasteiger partial charge on any atom is 0.265 e. The Hall–Kier alpha value is -2.11. The molecule has 0 unspecified atom stereocenters. The van der Waals surface area contributed by atoms with Gasteiger partial charge in [0, 0.05) is 19.1 Å². The molecule has 6 nitrogen and oxygen atoms in total. The number of hydrogen-bond acceptors (Lipinski definition) is 4. The van der Waals surface area contributed by atoms with Crippen LogP contribution in [-0.2, 0) is 7.05 Å². The van der Waals surface area contributed by atoms with E-state index in [1.807, 2.05) is 4.90 Å². The maximum absolute atomic E-state index is 13.1. The van der Waals surface area contributed by atoms with Crippen LogP contribution in [0.25, 0.3) is 11.1 Å². The zero-order valence-electron chi connectivity index (χ0n) is 13.4. The first-order chi connectivity index (χ1) is 10.4. The Kier molecular flexibility index (Phi) is 3.54. The number of aromatic nitrogens is 2. The van der Waals surface area contributed by atoms with E-state index in [0.29, 0.717) is 11.3 Å². The van der Waals surface area contributed by atoms with E-state index in [-0.39, 0.29) is 34.6 Å². The van der Waals surface area contributed by atoms with Gasteiger partial charge in [-0.2, -0.15) is 0 Å². The van der Waals surface area contributed by atoms with Crippen LogP contribution in [0, 0.1) is 6.92 Å². The van der Waals surface area contributed by atoms with Crippen LogP contribution in [-0.4, -0.2) is 32.4 Å². The molecule has 2 aromatic heterocycles. The minimum atomic E-state index is -0.248. The van der Waals surface area contributed by atoms with Crippen molar-refractivity contribution >= 4 is 17.0 Å². The molecule has 0 radical (unpaired) electrons. The van der Waals surface area contributed by atoms with Crippen LogP contribution in [0.5, 0.6) is 0 Å². The molecular weight excluding hydrogens is 282 g/mol. The van der Waals surface area contributed by atoms with Crippen molar-refractivity contribution in [3.63, 3.8) is 0 Å². The fourth-order valence-corrected chi connectivity index (χ4v) is 3.40. The summed E-state index contributed by atoms with van der Waals surface area (Å²) in [4.78, 5) is 31.5. The Morgan fingerprint density at radius 1 is 1.32 bits per heavy atom. The molecule has 0 aromatic carbocycles. The molecule has 1 aliphatic rings. The quantitative estimate of drug-likeness (QED) is 0.810. The van der Waals surface area contributed by atoms with E-state index in [0.717, 1.165) is 19.3 Å². The molecule has 3 heterocycles. The molecule has 0 spiro atoms. The van der Waals surface area contributed by atoms with Gasteiger partial charge in [0.25, 0.3) is 11.5 Å². The SMILES string of the molecule is Cc1oc2ncn(C)c(=O)c2c1C(=O)N1[C@H](C)CCC[C@@H]1C. The van der Waals surface area contributed by atoms with Crippen molar-refractivity contribution in [3.05, 3.63) is 28.0 Å². The molecule has 2 aromatic rings. The predicted molar refractivity (Wildman–Crippen MR) is 82.9 cm³/mol. The number of piperidine rings is 1. The second-order valence-electron chi connectivity index (χ2n) is 6.22. The average Bonchev–Trinajstić information content (AvgIpc) is 2.79. The van der Waals surface area contributed by atoms with Gasteiger partial charge >= 0.3 is 0 Å². The monoisotopic (exact) mass is 303 g/mol. The van der Waals surface area contributed by atoms with Crippen molar-refractivity contribution < 1.29 is 9.21 Å². The summed E-state index contributed by atoms with van der Waals surface area (Å²) in [7, 11) is 1.62. The summed E-state index contributed by atoms with van der Waals surface area (Å²) in [5.41, 5.74) is 0.355. The van der Waals surface area contributed by atoms with Gasteiger partial charge in [0.1, 0.15) is 17.5 Å². The third kappa shape index (κ3) is 2.14. The third-order valence-corrected chi connectivity index (χ3v) is 4.59. The van der Waals surface area contributed by atoms with Crippen LogP contribution in [0.4, 0.5) is 0 Å². The van der Waals surface area contributed by atoms with Gasteiger partial charge in [-0.25, -0.2) is 4.98 Å². The molecule has 0 bridgehead atoms. The van der Waals surface area contributed by atoms with Crippen molar-refractivity contribution in [1.29, 1.82) is 0 Å². The van der Waals surface area contributed by atoms with E-state index in [1.165, 1.54) is 10.9 Å². The van der Waals surface area contributed by atoms with Crippen molar-refractivity contribution in [2.45, 2.75) is 52.1 Å². The lowest BCUT2D eigenvalue weighted by Gasteiger charge is -2.39. The molecule has 22 heavy (non-hydrogen) atoms. The highest BCUT2D eigenvalue weighted by Crippen LogP contribution is 2.28. The standard InChI is InChI=1S/C16H21N3O3/c1-9-6-5-7-10(2)19(9)16(21)12-11(3)22-14-13(12)15(20)18(4)8-17-14/h8-10H,5-7H2,1-4H3/t9-,10+. The molecule has 1 aliphatic heterocycles. The second-order valence-corrected chi connectivity index (χ2v) is 6.22. The second kappa shape index (κ2) is 5.26. The molecule has 0 aliphatic carbocycles. The number of carbonyl (C=O) groups excluding carboxylic acids is 1. The number of carbonyl (C=O) groups is 1. The summed E-state index contributed by atoms with van der Waals surface area (Å²) in [6.45, 7) is 5.83. The number of hydrogen-bond donors (Lipinski definition) is 0. The van der Waals surface area contributed by atoms with Gasteiger partial charge in [-0.1, -0.05) is 0 Å². The van der Waals surface area contributed by atoms with Gasteiger partial charge in [0.15, 0.2) is 0 Å². The van der Waals surface area contributed by atoms with Gasteiger partial charge in [-0.05, 0) is 40.0 Å². The predicted octanol–water partition coefficient (Wildman–Crippen LogP) is 2.24. The van der Waals surface area contributed by atoms with Gasteiger partial charge in [0.05, 0.1) is 5.56 Å². The van der Waals surface area contributed by atoms with Gasteiger partial charge < -0.3 is 13.9 Å². The van der Waals surface area contributed by atoms with Crippen LogP contribution in [0.3, 0.4) is 0 Å². The smallest absolute Gasteiger partial charge is 0.265 e. The molecule has 1 saturated heterocycles. The normalized spacial score (nSPS) is 22.3. The minimum Gasteiger partial charge on any atom is -0.442 e. The molecule has 6 heteroatoms. The number of nitrogens with zero attached hydrogens (tertiary/aromatic N) is 3. The molecule has 118 valence electrons. The largest absolute Gasteiger partial charge is 0.442 e. The molecule has 3 rings (SSSR count). The van der Waals surface area contributed by atoms with E-state index < -0.39 is 0 Å². The van der Waals surface area contributed by atoms with Crippen LogP contribution in [0.15, 0.2) is 15.5 Å². The Morgan fingerprint density at radius 3 is 2.59 bits per heavy atom. The van der Waals surface area contributed by atoms with Crippen LogP contribution < -0.4 is 5.56 Å². The van der Waals surface area contributed by atoms with Crippen LogP contribution in [0.2, 0.25) is 0 Å². The van der Waals surface area contributed by atoms with Crippen molar-refractivity contribution in [3.8, 4) is 0 Å². The van der Waals surface area contributed by atoms with Crippen LogP contribution >= 0.6 is 0 Å². The lowest BCUT2D eigenvalue weighted by atomic mass is 9.96. The Bertz CT molecular complexity index is 780. The number of rotatable bonds is 1. The topological polar surface area (TPSA) is 68.3 Å². The number of likely N-dealkylation sites (tertiary alicyclic amines) is 1. The molecule has 2 atom stereocenters. The highest BCUT2D eigenvalue weighted by molar-refractivity contribution is 6.06. The Labute approximate surface area is 128 Å². The first-order valence-electron chi connectivity index (χ1n) is 7.69. The molecular formula is C16H21N3O3. The molecule has 1 fully saturated rings. The minimum absolute atomic E-state index is 0.124. The summed E-state index contributed by atoms with van der Waals surface area (Å²) >= 11 is 0. The number of furan rings is 1. The first-order valence-corrected chi connectivity index (χ1v) is 7.69. The maximum atomic E-state index is 13.1. The fraction of sp³-hybridized carbons (Fsp3) is 0.562. The first kappa shape index (κ1) is 14.8. The highest BCUT2D eigenvalue weighted by Gasteiger charge is 2.33. The highest BCUT2D eigenvalue weighted by atomic mass is 16.3. The van der Waals surface area contributed by atoms with Crippen LogP contribution in [0.1, 0.15) is 49.2 Å². The molecule has 0 saturated carbocycles. The van der Waals surface area contributed by atoms with Gasteiger partial charge in [-0.3, -0.25) is 9.59 Å². The number of fused-ring (bicyclic) bond motifs is 1. The molecule has 1 amide bonds. The summed E-state index contributed by atoms with van der Waals surface area (Å²) in [5.74, 6) is 0.335. The van der Waals surface area contributed by atoms with E-state index in [4.69, 9.17) is 4.42 Å². The number of amides is 1. The lowest BCUT2D eigenvalue weighted by molar-refractivity contribution is 0.0510. The zero-order chi connectivity index (χ0) is 16.0. The zero-order valence-corrected chi connectivity index (χ0v) is 13.4. The Balaban J connectivity index is 2.17. The van der Waals surface area contributed by atoms with E-state index >= 15 is 0 Å². The van der Waals surface area contributed by atoms with Crippen molar-refractivity contribution in [1.82, 2.24) is 14.5 Å². The van der Waals surface area contributed by atoms with E-state index in [2.05, 4.69) is 18.8 Å². The van der Waals surface area contributed by atoms with Gasteiger partial charge in [0.2, 0.25) is 5.71 Å². The third-order valence-electron chi connectivity index (χ3n) is 4.59. The summed E-state index contributed by atoms with van der Waals surface area (Å²) in [6.07, 6.45) is 4.51. The lowest BCUT2D eigenvalue weighted by Crippen LogP contribution is -2.47. The summed E-state index contributed by atoms with van der Waals surface area (Å²) < 4.78 is 6.92. The van der Waals surface area contributed by atoms with E-state index in [9.17, 15) is 9.59 Å². The Morgan fingerprint density at radius 2 is 1.95 bits per heavy atom. The molecule has 0 N–H and O–H groups in total. The van der Waals surface area contributed by atoms with Gasteiger partial charge in [-0.15, -0.1) is 0 Å².